The van der Waals surface area contributed by atoms with E-state index >= 15 is 0 Å². The standard InChI is InChI=1S/C28H29N5O4S/c1-4-33-27(22-12-15-24(35-2)25(16-22)36-3)31-32-28(33)38-19-26(34)30-29-17-20-10-13-23(14-11-20)37-18-21-8-6-5-7-9-21/h5-17H,4,18-19H2,1-3H3,(H,30,34). The van der Waals surface area contributed by atoms with Crippen molar-refractivity contribution in [1.29, 1.82) is 0 Å². The minimum Gasteiger partial charge on any atom is -0.493 e. The highest BCUT2D eigenvalue weighted by atomic mass is 32.2. The first kappa shape index (κ1) is 26.7. The van der Waals surface area contributed by atoms with Crippen molar-refractivity contribution < 1.29 is 19.0 Å². The molecule has 10 heteroatoms. The molecule has 1 amide bonds. The van der Waals surface area contributed by atoms with Crippen LogP contribution in [0.5, 0.6) is 17.2 Å². The van der Waals surface area contributed by atoms with E-state index in [1.807, 2.05) is 84.3 Å². The Morgan fingerprint density at radius 2 is 1.76 bits per heavy atom. The molecule has 9 nitrogen and oxygen atoms in total. The maximum Gasteiger partial charge on any atom is 0.250 e. The lowest BCUT2D eigenvalue weighted by Gasteiger charge is -2.10. The molecule has 0 aliphatic carbocycles. The van der Waals surface area contributed by atoms with Crippen LogP contribution in [-0.4, -0.2) is 46.9 Å². The van der Waals surface area contributed by atoms with Crippen LogP contribution in [0.2, 0.25) is 0 Å². The van der Waals surface area contributed by atoms with Gasteiger partial charge < -0.3 is 18.8 Å². The average molecular weight is 532 g/mol. The van der Waals surface area contributed by atoms with Crippen LogP contribution in [0.4, 0.5) is 0 Å². The number of carbonyl (C=O) groups is 1. The fourth-order valence-electron chi connectivity index (χ4n) is 3.60. The molecule has 1 aromatic heterocycles. The summed E-state index contributed by atoms with van der Waals surface area (Å²) in [6.45, 7) is 3.15. The molecule has 196 valence electrons. The van der Waals surface area contributed by atoms with Gasteiger partial charge in [-0.3, -0.25) is 4.79 Å². The Kier molecular flexibility index (Phi) is 9.36. The topological polar surface area (TPSA) is 99.9 Å². The number of hydrogen-bond donors (Lipinski definition) is 1. The summed E-state index contributed by atoms with van der Waals surface area (Å²) in [6, 6.07) is 23.1. The van der Waals surface area contributed by atoms with Crippen LogP contribution >= 0.6 is 11.8 Å². The molecule has 3 aromatic carbocycles. The van der Waals surface area contributed by atoms with E-state index in [0.717, 1.165) is 22.4 Å². The number of benzene rings is 3. The van der Waals surface area contributed by atoms with Crippen LogP contribution in [0, 0.1) is 0 Å². The van der Waals surface area contributed by atoms with Crippen LogP contribution in [0.3, 0.4) is 0 Å². The normalized spacial score (nSPS) is 10.9. The van der Waals surface area contributed by atoms with Gasteiger partial charge in [0.25, 0.3) is 5.91 Å². The lowest BCUT2D eigenvalue weighted by Crippen LogP contribution is -2.20. The summed E-state index contributed by atoms with van der Waals surface area (Å²) >= 11 is 1.30. The van der Waals surface area contributed by atoms with Crippen LogP contribution in [-0.2, 0) is 17.9 Å². The molecule has 1 heterocycles. The Bertz CT molecular complexity index is 1370. The van der Waals surface area contributed by atoms with Crippen LogP contribution in [0.1, 0.15) is 18.1 Å². The molecule has 1 N–H and O–H groups in total. The molecule has 0 spiro atoms. The molecule has 0 unspecified atom stereocenters. The summed E-state index contributed by atoms with van der Waals surface area (Å²) < 4.78 is 18.5. The zero-order chi connectivity index (χ0) is 26.7. The van der Waals surface area contributed by atoms with Gasteiger partial charge in [0.2, 0.25) is 0 Å². The van der Waals surface area contributed by atoms with Gasteiger partial charge in [-0.25, -0.2) is 5.43 Å². The number of carbonyl (C=O) groups excluding carboxylic acids is 1. The van der Waals surface area contributed by atoms with Gasteiger partial charge >= 0.3 is 0 Å². The van der Waals surface area contributed by atoms with Crippen molar-refractivity contribution in [2.45, 2.75) is 25.2 Å². The summed E-state index contributed by atoms with van der Waals surface area (Å²) in [5, 5.41) is 13.3. The average Bonchev–Trinajstić information content (AvgIpc) is 3.38. The molecule has 0 atom stereocenters. The predicted octanol–water partition coefficient (Wildman–Crippen LogP) is 4.80. The Morgan fingerprint density at radius 3 is 2.47 bits per heavy atom. The number of amides is 1. The summed E-state index contributed by atoms with van der Waals surface area (Å²) in [5.74, 6) is 2.60. The monoisotopic (exact) mass is 531 g/mol. The second kappa shape index (κ2) is 13.3. The largest absolute Gasteiger partial charge is 0.493 e. The molecule has 0 saturated carbocycles. The van der Waals surface area contributed by atoms with Crippen LogP contribution < -0.4 is 19.6 Å². The molecule has 4 aromatic rings. The first-order valence-electron chi connectivity index (χ1n) is 12.0. The smallest absolute Gasteiger partial charge is 0.250 e. The number of hydrogen-bond acceptors (Lipinski definition) is 8. The van der Waals surface area contributed by atoms with Crippen LogP contribution in [0.25, 0.3) is 11.4 Å². The number of rotatable bonds is 12. The summed E-state index contributed by atoms with van der Waals surface area (Å²) in [4.78, 5) is 12.4. The first-order valence-corrected chi connectivity index (χ1v) is 13.0. The Balaban J connectivity index is 1.28. The Morgan fingerprint density at radius 1 is 1.00 bits per heavy atom. The highest BCUT2D eigenvalue weighted by Gasteiger charge is 2.16. The lowest BCUT2D eigenvalue weighted by molar-refractivity contribution is -0.118. The van der Waals surface area contributed by atoms with E-state index < -0.39 is 0 Å². The van der Waals surface area contributed by atoms with Gasteiger partial charge in [0.05, 0.1) is 26.2 Å². The van der Waals surface area contributed by atoms with Crippen molar-refractivity contribution in [2.75, 3.05) is 20.0 Å². The van der Waals surface area contributed by atoms with E-state index in [1.165, 1.54) is 11.8 Å². The molecule has 0 saturated heterocycles. The van der Waals surface area contributed by atoms with Crippen molar-refractivity contribution in [3.63, 3.8) is 0 Å². The first-order chi connectivity index (χ1) is 18.6. The molecular formula is C28H29N5O4S. The number of thioether (sulfide) groups is 1. The van der Waals surface area contributed by atoms with Crippen LogP contribution in [0.15, 0.2) is 83.1 Å². The Hall–Kier alpha value is -4.31. The molecule has 0 radical (unpaired) electrons. The summed E-state index contributed by atoms with van der Waals surface area (Å²) in [6.07, 6.45) is 1.59. The van der Waals surface area contributed by atoms with Gasteiger partial charge in [-0.1, -0.05) is 42.1 Å². The van der Waals surface area contributed by atoms with E-state index in [4.69, 9.17) is 14.2 Å². The number of methoxy groups -OCH3 is 2. The van der Waals surface area contributed by atoms with Gasteiger partial charge in [-0.2, -0.15) is 5.10 Å². The van der Waals surface area contributed by atoms with Crippen molar-refractivity contribution >= 4 is 23.9 Å². The minimum atomic E-state index is -0.243. The van der Waals surface area contributed by atoms with E-state index in [0.29, 0.717) is 35.6 Å². The predicted molar refractivity (Wildman–Crippen MR) is 148 cm³/mol. The fourth-order valence-corrected chi connectivity index (χ4v) is 4.40. The lowest BCUT2D eigenvalue weighted by atomic mass is 10.2. The molecular weight excluding hydrogens is 502 g/mol. The van der Waals surface area contributed by atoms with Gasteiger partial charge in [-0.15, -0.1) is 10.2 Å². The zero-order valence-electron chi connectivity index (χ0n) is 21.5. The molecule has 4 rings (SSSR count). The SMILES string of the molecule is CCn1c(SCC(=O)NN=Cc2ccc(OCc3ccccc3)cc2)nnc1-c1ccc(OC)c(OC)c1. The number of nitrogens with zero attached hydrogens (tertiary/aromatic N) is 4. The third kappa shape index (κ3) is 6.92. The van der Waals surface area contributed by atoms with Crippen molar-refractivity contribution in [3.05, 3.63) is 83.9 Å². The van der Waals surface area contributed by atoms with Gasteiger partial charge in [0, 0.05) is 12.1 Å². The molecule has 0 aliphatic heterocycles. The van der Waals surface area contributed by atoms with E-state index in [2.05, 4.69) is 20.7 Å². The summed E-state index contributed by atoms with van der Waals surface area (Å²) in [5.41, 5.74) is 5.35. The fraction of sp³-hybridized carbons (Fsp3) is 0.214. The zero-order valence-corrected chi connectivity index (χ0v) is 22.3. The summed E-state index contributed by atoms with van der Waals surface area (Å²) in [7, 11) is 3.18. The van der Waals surface area contributed by atoms with Gasteiger partial charge in [0.15, 0.2) is 22.5 Å². The number of ether oxygens (including phenoxy) is 3. The molecule has 0 fully saturated rings. The van der Waals surface area contributed by atoms with Crippen molar-refractivity contribution in [1.82, 2.24) is 20.2 Å². The number of aromatic nitrogens is 3. The van der Waals surface area contributed by atoms with E-state index in [1.54, 1.807) is 20.4 Å². The third-order valence-corrected chi connectivity index (χ3v) is 6.51. The molecule has 38 heavy (non-hydrogen) atoms. The van der Waals surface area contributed by atoms with Gasteiger partial charge in [-0.05, 0) is 60.5 Å². The van der Waals surface area contributed by atoms with E-state index in [-0.39, 0.29) is 11.7 Å². The second-order valence-corrected chi connectivity index (χ2v) is 8.99. The number of hydrazone groups is 1. The minimum absolute atomic E-state index is 0.146. The third-order valence-electron chi connectivity index (χ3n) is 5.54. The van der Waals surface area contributed by atoms with Gasteiger partial charge in [0.1, 0.15) is 12.4 Å². The molecule has 0 bridgehead atoms. The highest BCUT2D eigenvalue weighted by molar-refractivity contribution is 7.99. The van der Waals surface area contributed by atoms with Crippen molar-refractivity contribution in [2.24, 2.45) is 5.10 Å². The molecule has 0 aliphatic rings. The maximum atomic E-state index is 12.4. The van der Waals surface area contributed by atoms with E-state index in [9.17, 15) is 4.79 Å². The maximum absolute atomic E-state index is 12.4. The van der Waals surface area contributed by atoms with Crippen molar-refractivity contribution in [3.8, 4) is 28.6 Å². The highest BCUT2D eigenvalue weighted by Crippen LogP contribution is 2.32. The Labute approximate surface area is 225 Å². The second-order valence-electron chi connectivity index (χ2n) is 8.05. The number of nitrogens with one attached hydrogen (secondary N) is 1. The quantitative estimate of drug-likeness (QED) is 0.159.